The van der Waals surface area contributed by atoms with E-state index in [2.05, 4.69) is 13.8 Å². The summed E-state index contributed by atoms with van der Waals surface area (Å²) in [6.07, 6.45) is 0. The molecule has 0 heterocycles. The lowest BCUT2D eigenvalue weighted by atomic mass is 10.0. The Hall–Kier alpha value is -1.02. The number of hydrogen-bond acceptors (Lipinski definition) is 2. The van der Waals surface area contributed by atoms with E-state index in [4.69, 9.17) is 9.84 Å². The largest absolute Gasteiger partial charge is 0.468 e. The summed E-state index contributed by atoms with van der Waals surface area (Å²) in [4.78, 5) is 0. The average Bonchev–Trinajstić information content (AvgIpc) is 2.06. The Morgan fingerprint density at radius 3 is 2.25 bits per heavy atom. The number of hydrogen-bond donors (Lipinski definition) is 1. The maximum atomic E-state index is 8.48. The zero-order valence-corrected chi connectivity index (χ0v) is 7.45. The van der Waals surface area contributed by atoms with Gasteiger partial charge in [-0.15, -0.1) is 0 Å². The first-order valence-corrected chi connectivity index (χ1v) is 4.07. The van der Waals surface area contributed by atoms with E-state index in [1.165, 1.54) is 5.56 Å². The fourth-order valence-electron chi connectivity index (χ4n) is 1.02. The van der Waals surface area contributed by atoms with Gasteiger partial charge in [0.05, 0.1) is 0 Å². The molecule has 0 radical (unpaired) electrons. The Labute approximate surface area is 72.8 Å². The smallest absolute Gasteiger partial charge is 0.186 e. The van der Waals surface area contributed by atoms with E-state index < -0.39 is 0 Å². The molecule has 1 N–H and O–H groups in total. The van der Waals surface area contributed by atoms with Crippen molar-refractivity contribution in [3.63, 3.8) is 0 Å². The fourth-order valence-corrected chi connectivity index (χ4v) is 1.02. The van der Waals surface area contributed by atoms with Crippen LogP contribution in [-0.2, 0) is 0 Å². The predicted octanol–water partition coefficient (Wildman–Crippen LogP) is 2.14. The molecule has 2 nitrogen and oxygen atoms in total. The van der Waals surface area contributed by atoms with Crippen molar-refractivity contribution in [2.75, 3.05) is 6.79 Å². The van der Waals surface area contributed by atoms with E-state index in [1.807, 2.05) is 24.3 Å². The Morgan fingerprint density at radius 2 is 1.83 bits per heavy atom. The molecule has 0 aromatic heterocycles. The third-order valence-corrected chi connectivity index (χ3v) is 1.78. The highest BCUT2D eigenvalue weighted by Gasteiger charge is 1.98. The van der Waals surface area contributed by atoms with Gasteiger partial charge < -0.3 is 9.84 Å². The van der Waals surface area contributed by atoms with Crippen LogP contribution in [0.2, 0.25) is 0 Å². The van der Waals surface area contributed by atoms with E-state index in [-0.39, 0.29) is 6.79 Å². The molecule has 0 saturated carbocycles. The first-order valence-electron chi connectivity index (χ1n) is 4.07. The molecule has 0 unspecified atom stereocenters. The van der Waals surface area contributed by atoms with Gasteiger partial charge in [0.25, 0.3) is 0 Å². The van der Waals surface area contributed by atoms with Crippen molar-refractivity contribution in [1.29, 1.82) is 0 Å². The minimum absolute atomic E-state index is 0.263. The molecule has 0 bridgehead atoms. The highest BCUT2D eigenvalue weighted by Crippen LogP contribution is 2.18. The van der Waals surface area contributed by atoms with Crippen molar-refractivity contribution < 1.29 is 9.84 Å². The number of aliphatic hydroxyl groups excluding tert-OH is 1. The van der Waals surface area contributed by atoms with Gasteiger partial charge in [0.15, 0.2) is 6.79 Å². The minimum Gasteiger partial charge on any atom is -0.468 e. The van der Waals surface area contributed by atoms with Crippen molar-refractivity contribution in [1.82, 2.24) is 0 Å². The Morgan fingerprint density at radius 1 is 1.25 bits per heavy atom. The van der Waals surface area contributed by atoms with Gasteiger partial charge in [-0.3, -0.25) is 0 Å². The van der Waals surface area contributed by atoms with Crippen LogP contribution in [0.5, 0.6) is 5.75 Å². The highest BCUT2D eigenvalue weighted by atomic mass is 16.6. The number of benzene rings is 1. The summed E-state index contributed by atoms with van der Waals surface area (Å²) in [6.45, 7) is 4.02. The van der Waals surface area contributed by atoms with Crippen LogP contribution < -0.4 is 4.74 Å². The molecule has 66 valence electrons. The maximum absolute atomic E-state index is 8.48. The van der Waals surface area contributed by atoms with E-state index in [0.29, 0.717) is 11.7 Å². The van der Waals surface area contributed by atoms with Crippen molar-refractivity contribution in [3.05, 3.63) is 29.8 Å². The van der Waals surface area contributed by atoms with Gasteiger partial charge in [0.2, 0.25) is 0 Å². The summed E-state index contributed by atoms with van der Waals surface area (Å²) in [5.41, 5.74) is 1.28. The molecule has 1 aromatic rings. The molecule has 12 heavy (non-hydrogen) atoms. The van der Waals surface area contributed by atoms with E-state index in [0.717, 1.165) is 0 Å². The van der Waals surface area contributed by atoms with E-state index in [9.17, 15) is 0 Å². The first-order chi connectivity index (χ1) is 5.74. The third-order valence-electron chi connectivity index (χ3n) is 1.78. The lowest BCUT2D eigenvalue weighted by molar-refractivity contribution is 0.0985. The van der Waals surface area contributed by atoms with Gasteiger partial charge in [0.1, 0.15) is 5.75 Å². The maximum Gasteiger partial charge on any atom is 0.186 e. The molecular weight excluding hydrogens is 152 g/mol. The van der Waals surface area contributed by atoms with Gasteiger partial charge >= 0.3 is 0 Å². The van der Waals surface area contributed by atoms with Crippen LogP contribution >= 0.6 is 0 Å². The van der Waals surface area contributed by atoms with Crippen LogP contribution in [0.1, 0.15) is 25.3 Å². The number of ether oxygens (including phenoxy) is 1. The molecule has 0 aliphatic rings. The summed E-state index contributed by atoms with van der Waals surface area (Å²) >= 11 is 0. The second-order valence-electron chi connectivity index (χ2n) is 3.00. The first kappa shape index (κ1) is 9.07. The summed E-state index contributed by atoms with van der Waals surface area (Å²) in [7, 11) is 0. The third kappa shape index (κ3) is 2.24. The zero-order chi connectivity index (χ0) is 8.97. The lowest BCUT2D eigenvalue weighted by Gasteiger charge is -2.06. The van der Waals surface area contributed by atoms with Crippen LogP contribution in [0.15, 0.2) is 24.3 Å². The Kier molecular flexibility index (Phi) is 3.11. The second kappa shape index (κ2) is 4.12. The highest BCUT2D eigenvalue weighted by molar-refractivity contribution is 5.28. The normalized spacial score (nSPS) is 10.3. The van der Waals surface area contributed by atoms with Crippen LogP contribution in [0.25, 0.3) is 0 Å². The van der Waals surface area contributed by atoms with Gasteiger partial charge in [0, 0.05) is 0 Å². The van der Waals surface area contributed by atoms with Crippen molar-refractivity contribution in [3.8, 4) is 5.75 Å². The molecule has 0 atom stereocenters. The average molecular weight is 166 g/mol. The fraction of sp³-hybridized carbons (Fsp3) is 0.400. The topological polar surface area (TPSA) is 29.5 Å². The van der Waals surface area contributed by atoms with Crippen molar-refractivity contribution >= 4 is 0 Å². The molecule has 0 aliphatic carbocycles. The Balaban J connectivity index is 2.71. The van der Waals surface area contributed by atoms with Crippen LogP contribution in [0.4, 0.5) is 0 Å². The summed E-state index contributed by atoms with van der Waals surface area (Å²) in [5.74, 6) is 1.25. The van der Waals surface area contributed by atoms with E-state index >= 15 is 0 Å². The standard InChI is InChI=1S/C10H14O2/c1-8(2)9-3-5-10(6-4-9)12-7-11/h3-6,8,11H,7H2,1-2H3. The van der Waals surface area contributed by atoms with Gasteiger partial charge in [-0.1, -0.05) is 26.0 Å². The zero-order valence-electron chi connectivity index (χ0n) is 7.45. The SMILES string of the molecule is CC(C)c1ccc(OCO)cc1. The monoisotopic (exact) mass is 166 g/mol. The second-order valence-corrected chi connectivity index (χ2v) is 3.00. The molecule has 2 heteroatoms. The molecule has 0 aliphatic heterocycles. The summed E-state index contributed by atoms with van der Waals surface area (Å²) in [6, 6.07) is 7.75. The molecule has 0 spiro atoms. The molecule has 1 rings (SSSR count). The van der Waals surface area contributed by atoms with Crippen molar-refractivity contribution in [2.45, 2.75) is 19.8 Å². The molecule has 1 aromatic carbocycles. The Bertz CT molecular complexity index is 226. The van der Waals surface area contributed by atoms with E-state index in [1.54, 1.807) is 0 Å². The minimum atomic E-state index is -0.263. The molecule has 0 amide bonds. The van der Waals surface area contributed by atoms with Gasteiger partial charge in [-0.05, 0) is 23.6 Å². The molecular formula is C10H14O2. The van der Waals surface area contributed by atoms with Crippen LogP contribution in [-0.4, -0.2) is 11.9 Å². The molecule has 0 saturated heterocycles. The number of aliphatic hydroxyl groups is 1. The van der Waals surface area contributed by atoms with Gasteiger partial charge in [-0.2, -0.15) is 0 Å². The summed E-state index contributed by atoms with van der Waals surface area (Å²) < 4.78 is 4.90. The summed E-state index contributed by atoms with van der Waals surface area (Å²) in [5, 5.41) is 8.48. The van der Waals surface area contributed by atoms with Crippen LogP contribution in [0.3, 0.4) is 0 Å². The quantitative estimate of drug-likeness (QED) is 0.697. The number of rotatable bonds is 3. The van der Waals surface area contributed by atoms with Crippen molar-refractivity contribution in [2.24, 2.45) is 0 Å². The van der Waals surface area contributed by atoms with Gasteiger partial charge in [-0.25, -0.2) is 0 Å². The predicted molar refractivity (Wildman–Crippen MR) is 48.2 cm³/mol. The lowest BCUT2D eigenvalue weighted by Crippen LogP contribution is -1.94. The molecule has 0 fully saturated rings. The van der Waals surface area contributed by atoms with Crippen LogP contribution in [0, 0.1) is 0 Å².